The van der Waals surface area contributed by atoms with Crippen LogP contribution in [0, 0.1) is 0 Å². The molecule has 7 N–H and O–H groups in total. The fourth-order valence-electron chi connectivity index (χ4n) is 7.33. The van der Waals surface area contributed by atoms with Crippen molar-refractivity contribution in [3.05, 3.63) is 34.9 Å². The van der Waals surface area contributed by atoms with Crippen LogP contribution in [-0.4, -0.2) is 76.0 Å². The van der Waals surface area contributed by atoms with Gasteiger partial charge in [-0.15, -0.1) is 0 Å². The average molecular weight is 739 g/mol. The highest BCUT2D eigenvalue weighted by Gasteiger charge is 2.29. The highest BCUT2D eigenvalue weighted by Crippen LogP contribution is 2.32. The SMILES string of the molecule is CC(C)=CCC[C@@](C)(O)CCC[C@](C)(O)CCC[C@](C)(O)CCC[C@@](C)(O)CCC[C@@](C)(O)CCC[C@@](C)(O)CCC/C(C)=C/CC/C(C)=C/CO. The molecule has 0 aliphatic carbocycles. The lowest BCUT2D eigenvalue weighted by Gasteiger charge is -2.30. The highest BCUT2D eigenvalue weighted by atomic mass is 16.3. The van der Waals surface area contributed by atoms with Crippen molar-refractivity contribution in [1.29, 1.82) is 0 Å². The maximum Gasteiger partial charge on any atom is 0.0622 e. The lowest BCUT2D eigenvalue weighted by atomic mass is 9.83. The van der Waals surface area contributed by atoms with Gasteiger partial charge in [-0.05, 0) is 210 Å². The zero-order valence-corrected chi connectivity index (χ0v) is 35.6. The molecule has 0 aromatic carbocycles. The van der Waals surface area contributed by atoms with Crippen LogP contribution < -0.4 is 0 Å². The Morgan fingerprint density at radius 3 is 0.962 bits per heavy atom. The Morgan fingerprint density at radius 2 is 0.654 bits per heavy atom. The van der Waals surface area contributed by atoms with Crippen LogP contribution in [0.25, 0.3) is 0 Å². The van der Waals surface area contributed by atoms with Crippen molar-refractivity contribution in [2.75, 3.05) is 6.61 Å². The summed E-state index contributed by atoms with van der Waals surface area (Å²) in [5.74, 6) is 0. The zero-order valence-electron chi connectivity index (χ0n) is 35.6. The second-order valence-electron chi connectivity index (χ2n) is 18.7. The minimum absolute atomic E-state index is 0.0920. The van der Waals surface area contributed by atoms with Crippen molar-refractivity contribution in [1.82, 2.24) is 0 Å². The summed E-state index contributed by atoms with van der Waals surface area (Å²) in [6.45, 7) is 19.6. The average Bonchev–Trinajstić information content (AvgIpc) is 2.95. The molecule has 0 aliphatic heterocycles. The van der Waals surface area contributed by atoms with E-state index in [-0.39, 0.29) is 6.61 Å². The van der Waals surface area contributed by atoms with Gasteiger partial charge in [0.2, 0.25) is 0 Å². The fourth-order valence-corrected chi connectivity index (χ4v) is 7.33. The van der Waals surface area contributed by atoms with E-state index < -0.39 is 33.6 Å². The molecular formula is C45H86O7. The van der Waals surface area contributed by atoms with Crippen molar-refractivity contribution in [3.8, 4) is 0 Å². The molecule has 0 bridgehead atoms. The van der Waals surface area contributed by atoms with E-state index in [1.807, 2.05) is 54.5 Å². The molecule has 0 saturated carbocycles. The van der Waals surface area contributed by atoms with Crippen LogP contribution in [-0.2, 0) is 0 Å². The molecule has 0 unspecified atom stereocenters. The molecule has 0 spiro atoms. The first-order valence-electron chi connectivity index (χ1n) is 20.7. The van der Waals surface area contributed by atoms with Crippen LogP contribution in [0.4, 0.5) is 0 Å². The number of hydrogen-bond donors (Lipinski definition) is 7. The minimum Gasteiger partial charge on any atom is -0.392 e. The molecule has 0 heterocycles. The summed E-state index contributed by atoms with van der Waals surface area (Å²) < 4.78 is 0. The molecule has 52 heavy (non-hydrogen) atoms. The van der Waals surface area contributed by atoms with E-state index in [1.54, 1.807) is 0 Å². The van der Waals surface area contributed by atoms with Crippen LogP contribution >= 0.6 is 0 Å². The molecule has 7 nitrogen and oxygen atoms in total. The fraction of sp³-hybridized carbons (Fsp3) is 0.867. The Morgan fingerprint density at radius 1 is 0.365 bits per heavy atom. The van der Waals surface area contributed by atoms with Gasteiger partial charge in [-0.2, -0.15) is 0 Å². The largest absolute Gasteiger partial charge is 0.392 e. The van der Waals surface area contributed by atoms with Crippen molar-refractivity contribution >= 4 is 0 Å². The second-order valence-corrected chi connectivity index (χ2v) is 18.7. The third-order valence-electron chi connectivity index (χ3n) is 11.1. The summed E-state index contributed by atoms with van der Waals surface area (Å²) >= 11 is 0. The lowest BCUT2D eigenvalue weighted by molar-refractivity contribution is -0.00728. The summed E-state index contributed by atoms with van der Waals surface area (Å²) in [6.07, 6.45) is 22.0. The van der Waals surface area contributed by atoms with Crippen LogP contribution in [0.5, 0.6) is 0 Å². The maximum absolute atomic E-state index is 11.0. The van der Waals surface area contributed by atoms with Gasteiger partial charge in [-0.25, -0.2) is 0 Å². The van der Waals surface area contributed by atoms with E-state index in [0.717, 1.165) is 57.8 Å². The molecule has 0 saturated heterocycles. The maximum atomic E-state index is 11.0. The monoisotopic (exact) mass is 739 g/mol. The Bertz CT molecular complexity index is 1040. The molecule has 0 amide bonds. The van der Waals surface area contributed by atoms with Crippen LogP contribution in [0.3, 0.4) is 0 Å². The summed E-state index contributed by atoms with van der Waals surface area (Å²) in [4.78, 5) is 0. The van der Waals surface area contributed by atoms with Crippen LogP contribution in [0.15, 0.2) is 34.9 Å². The van der Waals surface area contributed by atoms with Gasteiger partial charge in [0.05, 0.1) is 40.2 Å². The predicted molar refractivity (Wildman–Crippen MR) is 219 cm³/mol. The standard InChI is InChI=1S/C45H86O7/c1-37(2)19-12-24-40(5,47)26-14-28-42(7,49)30-16-32-44(9,51)34-18-35-45(10,52)33-17-31-43(8,50)29-15-27-41(6,48)25-13-22-38(3)20-11-21-39(4)23-36-46/h19-20,23,46-52H,11-18,21-22,24-36H2,1-10H3/b38-20+,39-23+/t40-,41+,42+,43+,44+,45+/m1/s1. The van der Waals surface area contributed by atoms with E-state index in [1.165, 1.54) is 16.7 Å². The van der Waals surface area contributed by atoms with Gasteiger partial charge in [-0.3, -0.25) is 0 Å². The Labute approximate surface area is 320 Å². The highest BCUT2D eigenvalue weighted by molar-refractivity contribution is 5.03. The quantitative estimate of drug-likeness (QED) is 0.0351. The van der Waals surface area contributed by atoms with Gasteiger partial charge in [0.15, 0.2) is 0 Å². The third kappa shape index (κ3) is 29.3. The molecular weight excluding hydrogens is 652 g/mol. The number of aliphatic hydroxyl groups excluding tert-OH is 1. The Balaban J connectivity index is 4.36. The topological polar surface area (TPSA) is 142 Å². The van der Waals surface area contributed by atoms with E-state index >= 15 is 0 Å². The molecule has 0 radical (unpaired) electrons. The predicted octanol–water partition coefficient (Wildman–Crippen LogP) is 9.93. The molecule has 0 fully saturated rings. The molecule has 0 aromatic heterocycles. The number of aliphatic hydroxyl groups is 7. The van der Waals surface area contributed by atoms with E-state index in [0.29, 0.717) is 83.5 Å². The van der Waals surface area contributed by atoms with E-state index in [4.69, 9.17) is 5.11 Å². The van der Waals surface area contributed by atoms with Gasteiger partial charge < -0.3 is 35.7 Å². The summed E-state index contributed by atoms with van der Waals surface area (Å²) in [6, 6.07) is 0. The molecule has 0 rings (SSSR count). The van der Waals surface area contributed by atoms with Gasteiger partial charge in [-0.1, -0.05) is 34.9 Å². The summed E-state index contributed by atoms with van der Waals surface area (Å²) in [5, 5.41) is 74.5. The number of hydrogen-bond acceptors (Lipinski definition) is 7. The second kappa shape index (κ2) is 24.5. The Kier molecular flexibility index (Phi) is 24.0. The van der Waals surface area contributed by atoms with Crippen molar-refractivity contribution in [3.63, 3.8) is 0 Å². The molecule has 7 heteroatoms. The van der Waals surface area contributed by atoms with Gasteiger partial charge in [0, 0.05) is 0 Å². The van der Waals surface area contributed by atoms with Gasteiger partial charge in [0.1, 0.15) is 0 Å². The molecule has 0 aromatic rings. The normalized spacial score (nSPS) is 19.9. The Hall–Kier alpha value is -1.06. The van der Waals surface area contributed by atoms with Gasteiger partial charge >= 0.3 is 0 Å². The first-order chi connectivity index (χ1) is 23.8. The van der Waals surface area contributed by atoms with Gasteiger partial charge in [0.25, 0.3) is 0 Å². The van der Waals surface area contributed by atoms with Crippen molar-refractivity contribution in [2.24, 2.45) is 0 Å². The van der Waals surface area contributed by atoms with Crippen molar-refractivity contribution in [2.45, 2.75) is 244 Å². The van der Waals surface area contributed by atoms with E-state index in [2.05, 4.69) is 32.9 Å². The van der Waals surface area contributed by atoms with Crippen LogP contribution in [0.1, 0.15) is 210 Å². The minimum atomic E-state index is -0.867. The first-order valence-corrected chi connectivity index (χ1v) is 20.7. The first kappa shape index (κ1) is 50.9. The third-order valence-corrected chi connectivity index (χ3v) is 11.1. The number of rotatable bonds is 31. The molecule has 0 aliphatic rings. The summed E-state index contributed by atoms with van der Waals surface area (Å²) in [5.41, 5.74) is -1.10. The van der Waals surface area contributed by atoms with E-state index in [9.17, 15) is 30.6 Å². The zero-order chi connectivity index (χ0) is 40.1. The summed E-state index contributed by atoms with van der Waals surface area (Å²) in [7, 11) is 0. The molecule has 6 atom stereocenters. The molecule has 308 valence electrons. The van der Waals surface area contributed by atoms with Crippen molar-refractivity contribution < 1.29 is 35.7 Å². The number of allylic oxidation sites excluding steroid dienone is 5. The lowest BCUT2D eigenvalue weighted by Crippen LogP contribution is -2.31. The van der Waals surface area contributed by atoms with Crippen LogP contribution in [0.2, 0.25) is 0 Å². The smallest absolute Gasteiger partial charge is 0.0622 e.